The lowest BCUT2D eigenvalue weighted by molar-refractivity contribution is -0.120. The lowest BCUT2D eigenvalue weighted by atomic mass is 10.1. The highest BCUT2D eigenvalue weighted by Crippen LogP contribution is 2.22. The fourth-order valence-electron chi connectivity index (χ4n) is 3.08. The molecule has 2 amide bonds. The second-order valence-electron chi connectivity index (χ2n) is 6.17. The summed E-state index contributed by atoms with van der Waals surface area (Å²) < 4.78 is 1.72. The van der Waals surface area contributed by atoms with Crippen LogP contribution in [0, 0.1) is 0 Å². The fourth-order valence-corrected chi connectivity index (χ4v) is 3.26. The third-order valence-electron chi connectivity index (χ3n) is 4.44. The predicted octanol–water partition coefficient (Wildman–Crippen LogP) is 2.41. The average Bonchev–Trinajstić information content (AvgIpc) is 3.22. The summed E-state index contributed by atoms with van der Waals surface area (Å²) in [5.41, 5.74) is 2.05. The van der Waals surface area contributed by atoms with Crippen molar-refractivity contribution >= 4 is 29.1 Å². The van der Waals surface area contributed by atoms with Gasteiger partial charge >= 0.3 is 0 Å². The summed E-state index contributed by atoms with van der Waals surface area (Å²) in [5, 5.41) is 8.12. The third-order valence-corrected chi connectivity index (χ3v) is 4.67. The van der Waals surface area contributed by atoms with Crippen molar-refractivity contribution in [1.29, 1.82) is 0 Å². The average molecular weight is 382 g/mol. The highest BCUT2D eigenvalue weighted by Gasteiger charge is 2.28. The minimum absolute atomic E-state index is 0.0300. The van der Waals surface area contributed by atoms with Crippen LogP contribution in [0.3, 0.4) is 0 Å². The Bertz CT molecular complexity index is 989. The lowest BCUT2D eigenvalue weighted by Gasteiger charge is -2.34. The highest BCUT2D eigenvalue weighted by molar-refractivity contribution is 6.30. The van der Waals surface area contributed by atoms with Crippen LogP contribution in [-0.2, 0) is 4.79 Å². The number of hydrogen-bond acceptors (Lipinski definition) is 4. The number of aromatic nitrogens is 3. The van der Waals surface area contributed by atoms with Gasteiger partial charge in [0, 0.05) is 35.1 Å². The number of piperazine rings is 1. The van der Waals surface area contributed by atoms with Crippen LogP contribution in [-0.4, -0.2) is 51.1 Å². The van der Waals surface area contributed by atoms with E-state index in [4.69, 9.17) is 11.6 Å². The molecule has 0 saturated carbocycles. The first-order valence-electron chi connectivity index (χ1n) is 8.42. The first-order chi connectivity index (χ1) is 13.1. The molecule has 0 aliphatic carbocycles. The number of carbonyl (C=O) groups excluding carboxylic acids is 2. The topological polar surface area (TPSA) is 71.3 Å². The van der Waals surface area contributed by atoms with E-state index in [0.717, 1.165) is 11.4 Å². The van der Waals surface area contributed by atoms with Crippen LogP contribution in [0.1, 0.15) is 10.4 Å². The minimum atomic E-state index is -0.177. The van der Waals surface area contributed by atoms with Gasteiger partial charge in [0.15, 0.2) is 0 Å². The monoisotopic (exact) mass is 381 g/mol. The Morgan fingerprint density at radius 3 is 2.44 bits per heavy atom. The van der Waals surface area contributed by atoms with Crippen LogP contribution in [0.5, 0.6) is 0 Å². The molecule has 0 spiro atoms. The normalized spacial score (nSPS) is 14.5. The molecule has 8 heteroatoms. The zero-order valence-corrected chi connectivity index (χ0v) is 15.1. The van der Waals surface area contributed by atoms with Gasteiger partial charge in [-0.1, -0.05) is 23.7 Å². The number of amides is 2. The van der Waals surface area contributed by atoms with E-state index in [1.165, 1.54) is 0 Å². The van der Waals surface area contributed by atoms with E-state index in [2.05, 4.69) is 10.2 Å². The number of carbonyl (C=O) groups is 2. The Morgan fingerprint density at radius 1 is 0.963 bits per heavy atom. The second kappa shape index (κ2) is 7.20. The van der Waals surface area contributed by atoms with E-state index < -0.39 is 0 Å². The van der Waals surface area contributed by atoms with Crippen molar-refractivity contribution < 1.29 is 9.59 Å². The molecule has 1 aromatic heterocycles. The lowest BCUT2D eigenvalue weighted by Crippen LogP contribution is -2.52. The summed E-state index contributed by atoms with van der Waals surface area (Å²) in [6.07, 6.45) is 3.13. The maximum absolute atomic E-state index is 12.9. The van der Waals surface area contributed by atoms with Crippen molar-refractivity contribution in [3.63, 3.8) is 0 Å². The number of halogens is 1. The van der Waals surface area contributed by atoms with Gasteiger partial charge in [-0.25, -0.2) is 0 Å². The van der Waals surface area contributed by atoms with Crippen LogP contribution in [0.4, 0.5) is 5.69 Å². The van der Waals surface area contributed by atoms with E-state index in [-0.39, 0.29) is 18.4 Å². The number of benzene rings is 2. The molecular formula is C19H16ClN5O2. The minimum Gasteiger partial charge on any atom is -0.328 e. The molecule has 1 aliphatic rings. The van der Waals surface area contributed by atoms with Crippen molar-refractivity contribution in [2.24, 2.45) is 0 Å². The van der Waals surface area contributed by atoms with Crippen LogP contribution in [0.2, 0.25) is 5.02 Å². The fraction of sp³-hybridized carbons (Fsp3) is 0.158. The summed E-state index contributed by atoms with van der Waals surface area (Å²) in [5.74, 6) is -0.309. The van der Waals surface area contributed by atoms with Crippen molar-refractivity contribution in [3.05, 3.63) is 71.8 Å². The van der Waals surface area contributed by atoms with Crippen molar-refractivity contribution in [1.82, 2.24) is 19.7 Å². The Kier molecular flexibility index (Phi) is 4.60. The molecule has 0 N–H and O–H groups in total. The first-order valence-corrected chi connectivity index (χ1v) is 8.80. The standard InChI is InChI=1S/C19H16ClN5O2/c20-15-4-2-6-17(10-15)25-8-7-23(11-18(25)26)19(27)14-3-1-5-16(9-14)24-12-21-22-13-24/h1-6,9-10,12-13H,7-8,11H2. The quantitative estimate of drug-likeness (QED) is 0.698. The molecule has 0 unspecified atom stereocenters. The molecule has 0 bridgehead atoms. The Morgan fingerprint density at radius 2 is 1.70 bits per heavy atom. The van der Waals surface area contributed by atoms with Gasteiger partial charge in [-0.2, -0.15) is 0 Å². The smallest absolute Gasteiger partial charge is 0.254 e. The van der Waals surface area contributed by atoms with Crippen LogP contribution < -0.4 is 4.90 Å². The molecule has 2 aromatic carbocycles. The van der Waals surface area contributed by atoms with Gasteiger partial charge in [0.05, 0.1) is 0 Å². The van der Waals surface area contributed by atoms with Crippen LogP contribution in [0.15, 0.2) is 61.2 Å². The highest BCUT2D eigenvalue weighted by atomic mass is 35.5. The molecule has 27 heavy (non-hydrogen) atoms. The summed E-state index contributed by atoms with van der Waals surface area (Å²) in [4.78, 5) is 28.7. The van der Waals surface area contributed by atoms with Gasteiger partial charge in [-0.15, -0.1) is 10.2 Å². The number of anilines is 1. The van der Waals surface area contributed by atoms with E-state index >= 15 is 0 Å². The molecule has 1 fully saturated rings. The molecule has 136 valence electrons. The third kappa shape index (κ3) is 3.54. The molecule has 0 radical (unpaired) electrons. The molecule has 2 heterocycles. The maximum atomic E-state index is 12.9. The number of nitrogens with zero attached hydrogens (tertiary/aromatic N) is 5. The largest absolute Gasteiger partial charge is 0.328 e. The van der Waals surface area contributed by atoms with Crippen molar-refractivity contribution in [3.8, 4) is 5.69 Å². The number of rotatable bonds is 3. The zero-order chi connectivity index (χ0) is 18.8. The molecule has 3 aromatic rings. The number of hydrogen-bond donors (Lipinski definition) is 0. The van der Waals surface area contributed by atoms with Gasteiger partial charge in [0.1, 0.15) is 19.2 Å². The van der Waals surface area contributed by atoms with Gasteiger partial charge in [-0.3, -0.25) is 14.2 Å². The van der Waals surface area contributed by atoms with Crippen LogP contribution >= 0.6 is 11.6 Å². The van der Waals surface area contributed by atoms with Gasteiger partial charge in [-0.05, 0) is 36.4 Å². The summed E-state index contributed by atoms with van der Waals surface area (Å²) in [7, 11) is 0. The molecule has 4 rings (SSSR count). The molecule has 1 aliphatic heterocycles. The Balaban J connectivity index is 1.50. The summed E-state index contributed by atoms with van der Waals surface area (Å²) >= 11 is 6.01. The van der Waals surface area contributed by atoms with E-state index in [1.807, 2.05) is 12.1 Å². The SMILES string of the molecule is O=C(c1cccc(-n2cnnc2)c1)N1CCN(c2cccc(Cl)c2)C(=O)C1. The van der Waals surface area contributed by atoms with Crippen molar-refractivity contribution in [2.45, 2.75) is 0 Å². The Hall–Kier alpha value is -3.19. The summed E-state index contributed by atoms with van der Waals surface area (Å²) in [6, 6.07) is 14.3. The molecular weight excluding hydrogens is 366 g/mol. The van der Waals surface area contributed by atoms with E-state index in [1.54, 1.807) is 63.4 Å². The Labute approximate surface area is 160 Å². The molecule has 1 saturated heterocycles. The van der Waals surface area contributed by atoms with Gasteiger partial charge in [0.25, 0.3) is 5.91 Å². The summed E-state index contributed by atoms with van der Waals surface area (Å²) in [6.45, 7) is 0.909. The predicted molar refractivity (Wildman–Crippen MR) is 101 cm³/mol. The van der Waals surface area contributed by atoms with E-state index in [9.17, 15) is 9.59 Å². The van der Waals surface area contributed by atoms with Gasteiger partial charge in [0.2, 0.25) is 5.91 Å². The zero-order valence-electron chi connectivity index (χ0n) is 14.3. The van der Waals surface area contributed by atoms with Crippen LogP contribution in [0.25, 0.3) is 5.69 Å². The molecule has 7 nitrogen and oxygen atoms in total. The van der Waals surface area contributed by atoms with E-state index in [0.29, 0.717) is 23.7 Å². The van der Waals surface area contributed by atoms with Crippen molar-refractivity contribution in [2.75, 3.05) is 24.5 Å². The van der Waals surface area contributed by atoms with Gasteiger partial charge < -0.3 is 9.80 Å². The first kappa shape index (κ1) is 17.2. The molecule has 0 atom stereocenters. The maximum Gasteiger partial charge on any atom is 0.254 e. The second-order valence-corrected chi connectivity index (χ2v) is 6.61.